The van der Waals surface area contributed by atoms with Gasteiger partial charge in [0.15, 0.2) is 0 Å². The summed E-state index contributed by atoms with van der Waals surface area (Å²) in [5.74, 6) is 0. The van der Waals surface area contributed by atoms with Crippen LogP contribution in [0.1, 0.15) is 59.3 Å². The highest BCUT2D eigenvalue weighted by Crippen LogP contribution is 2.23. The third-order valence-electron chi connectivity index (χ3n) is 2.33. The summed E-state index contributed by atoms with van der Waals surface area (Å²) in [4.78, 5) is 0. The molecule has 0 atom stereocenters. The predicted molar refractivity (Wildman–Crippen MR) is 58.8 cm³/mol. The molecule has 0 heterocycles. The van der Waals surface area contributed by atoms with E-state index in [1.807, 2.05) is 0 Å². The van der Waals surface area contributed by atoms with Crippen LogP contribution < -0.4 is 0 Å². The van der Waals surface area contributed by atoms with Gasteiger partial charge in [0.25, 0.3) is 0 Å². The molecule has 1 N–H and O–H groups in total. The molecule has 0 unspecified atom stereocenters. The van der Waals surface area contributed by atoms with Gasteiger partial charge in [-0.3, -0.25) is 0 Å². The highest BCUT2D eigenvalue weighted by Gasteiger charge is 2.22. The summed E-state index contributed by atoms with van der Waals surface area (Å²) in [5, 5.41) is 10.2. The first-order valence-electron chi connectivity index (χ1n) is 5.56. The monoisotopic (exact) mass is 184 g/mol. The maximum Gasteiger partial charge on any atom is 0.0681 e. The summed E-state index contributed by atoms with van der Waals surface area (Å²) in [5.41, 5.74) is -0.435. The Bertz CT molecular complexity index is 132. The van der Waals surface area contributed by atoms with Crippen molar-refractivity contribution in [1.82, 2.24) is 0 Å². The summed E-state index contributed by atoms with van der Waals surface area (Å²) >= 11 is 0. The minimum atomic E-state index is -0.435. The number of aliphatic hydroxyl groups is 1. The minimum absolute atomic E-state index is 0.435. The zero-order valence-corrected chi connectivity index (χ0v) is 9.34. The Hall–Kier alpha value is -0.300. The van der Waals surface area contributed by atoms with Gasteiger partial charge in [-0.05, 0) is 25.7 Å². The van der Waals surface area contributed by atoms with Crippen molar-refractivity contribution in [2.45, 2.75) is 64.9 Å². The second-order valence-electron chi connectivity index (χ2n) is 3.81. The third kappa shape index (κ3) is 5.87. The van der Waals surface area contributed by atoms with E-state index < -0.39 is 5.60 Å². The van der Waals surface area contributed by atoms with Crippen LogP contribution in [0.15, 0.2) is 12.2 Å². The zero-order chi connectivity index (χ0) is 10.2. The molecule has 0 bridgehead atoms. The van der Waals surface area contributed by atoms with E-state index in [1.165, 1.54) is 0 Å². The second-order valence-corrected chi connectivity index (χ2v) is 3.81. The van der Waals surface area contributed by atoms with Gasteiger partial charge in [0.2, 0.25) is 0 Å². The average molecular weight is 184 g/mol. The molecule has 78 valence electrons. The molecular formula is C12H24O. The van der Waals surface area contributed by atoms with E-state index in [1.54, 1.807) is 0 Å². The highest BCUT2D eigenvalue weighted by atomic mass is 16.3. The van der Waals surface area contributed by atoms with Crippen molar-refractivity contribution in [2.24, 2.45) is 0 Å². The van der Waals surface area contributed by atoms with Crippen molar-refractivity contribution in [2.75, 3.05) is 0 Å². The Balaban J connectivity index is 3.98. The minimum Gasteiger partial charge on any atom is -0.390 e. The van der Waals surface area contributed by atoms with Crippen LogP contribution in [-0.2, 0) is 0 Å². The number of hydrogen-bond acceptors (Lipinski definition) is 1. The first-order chi connectivity index (χ1) is 6.18. The van der Waals surface area contributed by atoms with Crippen molar-refractivity contribution in [1.29, 1.82) is 0 Å². The number of rotatable bonds is 7. The zero-order valence-electron chi connectivity index (χ0n) is 9.34. The Morgan fingerprint density at radius 3 is 1.92 bits per heavy atom. The lowest BCUT2D eigenvalue weighted by Crippen LogP contribution is -2.27. The van der Waals surface area contributed by atoms with Crippen molar-refractivity contribution in [3.8, 4) is 0 Å². The van der Waals surface area contributed by atoms with Crippen LogP contribution in [-0.4, -0.2) is 10.7 Å². The SMILES string of the molecule is CC/C=C/CC(O)(CCC)CCC. The molecule has 0 aliphatic rings. The van der Waals surface area contributed by atoms with Crippen LogP contribution >= 0.6 is 0 Å². The van der Waals surface area contributed by atoms with Crippen LogP contribution in [0.4, 0.5) is 0 Å². The molecule has 0 radical (unpaired) electrons. The summed E-state index contributed by atoms with van der Waals surface area (Å²) < 4.78 is 0. The smallest absolute Gasteiger partial charge is 0.0681 e. The Kier molecular flexibility index (Phi) is 6.97. The molecule has 0 aromatic rings. The molecule has 0 aliphatic carbocycles. The fraction of sp³-hybridized carbons (Fsp3) is 0.833. The first kappa shape index (κ1) is 12.7. The second kappa shape index (κ2) is 7.14. The van der Waals surface area contributed by atoms with Gasteiger partial charge in [-0.1, -0.05) is 45.8 Å². The predicted octanol–water partition coefficient (Wildman–Crippen LogP) is 3.67. The Labute approximate surface area is 82.9 Å². The lowest BCUT2D eigenvalue weighted by molar-refractivity contribution is 0.0242. The quantitative estimate of drug-likeness (QED) is 0.598. The van der Waals surface area contributed by atoms with Gasteiger partial charge < -0.3 is 5.11 Å². The molecular weight excluding hydrogens is 160 g/mol. The van der Waals surface area contributed by atoms with Gasteiger partial charge >= 0.3 is 0 Å². The van der Waals surface area contributed by atoms with Crippen LogP contribution in [0.5, 0.6) is 0 Å². The number of allylic oxidation sites excluding steroid dienone is 1. The topological polar surface area (TPSA) is 20.2 Å². The highest BCUT2D eigenvalue weighted by molar-refractivity contribution is 4.90. The molecule has 0 saturated heterocycles. The number of hydrogen-bond donors (Lipinski definition) is 1. The summed E-state index contributed by atoms with van der Waals surface area (Å²) in [7, 11) is 0. The fourth-order valence-electron chi connectivity index (χ4n) is 1.73. The molecule has 0 aliphatic heterocycles. The van der Waals surface area contributed by atoms with Crippen LogP contribution in [0.2, 0.25) is 0 Å². The van der Waals surface area contributed by atoms with Crippen LogP contribution in [0.25, 0.3) is 0 Å². The standard InChI is InChI=1S/C12H24O/c1-4-7-8-11-12(13,9-5-2)10-6-3/h7-8,13H,4-6,9-11H2,1-3H3/b8-7+. The van der Waals surface area contributed by atoms with E-state index in [9.17, 15) is 5.11 Å². The molecule has 1 heteroatoms. The van der Waals surface area contributed by atoms with Gasteiger partial charge in [0.05, 0.1) is 5.60 Å². The van der Waals surface area contributed by atoms with Gasteiger partial charge in [-0.25, -0.2) is 0 Å². The van der Waals surface area contributed by atoms with E-state index in [0.717, 1.165) is 38.5 Å². The van der Waals surface area contributed by atoms with Gasteiger partial charge in [0, 0.05) is 0 Å². The van der Waals surface area contributed by atoms with Gasteiger partial charge in [0.1, 0.15) is 0 Å². The molecule has 0 spiro atoms. The van der Waals surface area contributed by atoms with Gasteiger partial charge in [-0.15, -0.1) is 0 Å². The van der Waals surface area contributed by atoms with Crippen molar-refractivity contribution in [3.63, 3.8) is 0 Å². The lowest BCUT2D eigenvalue weighted by Gasteiger charge is -2.26. The molecule has 1 nitrogen and oxygen atoms in total. The average Bonchev–Trinajstić information content (AvgIpc) is 2.05. The molecule has 0 aromatic heterocycles. The summed E-state index contributed by atoms with van der Waals surface area (Å²) in [6.07, 6.45) is 10.1. The maximum absolute atomic E-state index is 10.2. The lowest BCUT2D eigenvalue weighted by atomic mass is 9.89. The fourth-order valence-corrected chi connectivity index (χ4v) is 1.73. The van der Waals surface area contributed by atoms with E-state index in [2.05, 4.69) is 32.9 Å². The van der Waals surface area contributed by atoms with E-state index in [-0.39, 0.29) is 0 Å². The largest absolute Gasteiger partial charge is 0.390 e. The van der Waals surface area contributed by atoms with E-state index in [0.29, 0.717) is 0 Å². The van der Waals surface area contributed by atoms with Crippen molar-refractivity contribution in [3.05, 3.63) is 12.2 Å². The first-order valence-corrected chi connectivity index (χ1v) is 5.56. The molecule has 0 aromatic carbocycles. The molecule has 0 fully saturated rings. The molecule has 0 saturated carbocycles. The van der Waals surface area contributed by atoms with E-state index >= 15 is 0 Å². The van der Waals surface area contributed by atoms with Crippen LogP contribution in [0, 0.1) is 0 Å². The summed E-state index contributed by atoms with van der Waals surface area (Å²) in [6.45, 7) is 6.38. The van der Waals surface area contributed by atoms with Crippen LogP contribution in [0.3, 0.4) is 0 Å². The summed E-state index contributed by atoms with van der Waals surface area (Å²) in [6, 6.07) is 0. The Morgan fingerprint density at radius 2 is 1.54 bits per heavy atom. The van der Waals surface area contributed by atoms with Crippen molar-refractivity contribution < 1.29 is 5.11 Å². The van der Waals surface area contributed by atoms with Crippen molar-refractivity contribution >= 4 is 0 Å². The van der Waals surface area contributed by atoms with E-state index in [4.69, 9.17) is 0 Å². The molecule has 0 rings (SSSR count). The normalized spacial score (nSPS) is 12.6. The Morgan fingerprint density at radius 1 is 1.00 bits per heavy atom. The maximum atomic E-state index is 10.2. The van der Waals surface area contributed by atoms with Gasteiger partial charge in [-0.2, -0.15) is 0 Å². The molecule has 0 amide bonds. The molecule has 13 heavy (non-hydrogen) atoms. The third-order valence-corrected chi connectivity index (χ3v) is 2.33.